The van der Waals surface area contributed by atoms with E-state index in [1.54, 1.807) is 23.1 Å². The van der Waals surface area contributed by atoms with Crippen LogP contribution in [0.2, 0.25) is 0 Å². The minimum atomic E-state index is -0.440. The molecule has 0 aliphatic heterocycles. The van der Waals surface area contributed by atoms with Crippen molar-refractivity contribution in [3.63, 3.8) is 0 Å². The summed E-state index contributed by atoms with van der Waals surface area (Å²) in [6.45, 7) is 4.24. The van der Waals surface area contributed by atoms with Gasteiger partial charge in [0.25, 0.3) is 5.69 Å². The summed E-state index contributed by atoms with van der Waals surface area (Å²) in [7, 11) is 0. The number of hydrogen-bond acceptors (Lipinski definition) is 4. The summed E-state index contributed by atoms with van der Waals surface area (Å²) in [6, 6.07) is 6.11. The lowest BCUT2D eigenvalue weighted by Crippen LogP contribution is -1.97. The lowest BCUT2D eigenvalue weighted by Gasteiger charge is -1.97. The fourth-order valence-corrected chi connectivity index (χ4v) is 1.67. The summed E-state index contributed by atoms with van der Waals surface area (Å²) in [5.74, 6) is 0.527. The molecule has 1 heterocycles. The predicted molar refractivity (Wildman–Crippen MR) is 70.2 cm³/mol. The fourth-order valence-electron chi connectivity index (χ4n) is 1.41. The number of nitro groups is 1. The standard InChI is InChI=1S/C11H9BrN4O2/c1-8(12)6-15-7-13-11(14-15)9-2-4-10(5-3-9)16(17)18/h2-5,7H,1,6H2. The molecule has 0 radical (unpaired) electrons. The molecule has 0 fully saturated rings. The zero-order chi connectivity index (χ0) is 13.1. The van der Waals surface area contributed by atoms with Crippen molar-refractivity contribution < 1.29 is 4.92 Å². The van der Waals surface area contributed by atoms with Crippen molar-refractivity contribution in [1.29, 1.82) is 0 Å². The highest BCUT2D eigenvalue weighted by Gasteiger charge is 2.08. The van der Waals surface area contributed by atoms with E-state index in [4.69, 9.17) is 0 Å². The number of aromatic nitrogens is 3. The lowest BCUT2D eigenvalue weighted by molar-refractivity contribution is -0.384. The van der Waals surface area contributed by atoms with Gasteiger partial charge in [0.1, 0.15) is 6.33 Å². The van der Waals surface area contributed by atoms with Gasteiger partial charge in [-0.1, -0.05) is 22.5 Å². The summed E-state index contributed by atoms with van der Waals surface area (Å²) < 4.78 is 2.43. The van der Waals surface area contributed by atoms with E-state index < -0.39 is 4.92 Å². The van der Waals surface area contributed by atoms with E-state index in [-0.39, 0.29) is 5.69 Å². The molecule has 0 saturated carbocycles. The number of rotatable bonds is 4. The highest BCUT2D eigenvalue weighted by atomic mass is 79.9. The van der Waals surface area contributed by atoms with Crippen LogP contribution < -0.4 is 0 Å². The smallest absolute Gasteiger partial charge is 0.258 e. The van der Waals surface area contributed by atoms with Gasteiger partial charge in [-0.2, -0.15) is 5.10 Å². The van der Waals surface area contributed by atoms with Crippen LogP contribution in [0.5, 0.6) is 0 Å². The molecule has 0 bridgehead atoms. The summed E-state index contributed by atoms with van der Waals surface area (Å²) in [6.07, 6.45) is 1.59. The van der Waals surface area contributed by atoms with Crippen LogP contribution in [0.4, 0.5) is 5.69 Å². The van der Waals surface area contributed by atoms with Gasteiger partial charge in [-0.05, 0) is 12.1 Å². The van der Waals surface area contributed by atoms with Gasteiger partial charge in [0.2, 0.25) is 0 Å². The number of hydrogen-bond donors (Lipinski definition) is 0. The number of non-ortho nitro benzene ring substituents is 1. The zero-order valence-corrected chi connectivity index (χ0v) is 10.9. The number of allylic oxidation sites excluding steroid dienone is 1. The quantitative estimate of drug-likeness (QED) is 0.643. The van der Waals surface area contributed by atoms with Gasteiger partial charge in [-0.15, -0.1) is 0 Å². The Labute approximate surface area is 111 Å². The number of halogens is 1. The summed E-state index contributed by atoms with van der Waals surface area (Å²) >= 11 is 3.24. The molecule has 0 aliphatic rings. The van der Waals surface area contributed by atoms with Gasteiger partial charge in [-0.3, -0.25) is 10.1 Å². The maximum Gasteiger partial charge on any atom is 0.269 e. The van der Waals surface area contributed by atoms with E-state index in [1.807, 2.05) is 0 Å². The lowest BCUT2D eigenvalue weighted by atomic mass is 10.2. The predicted octanol–water partition coefficient (Wildman–Crippen LogP) is 2.76. The molecule has 92 valence electrons. The number of nitro benzene ring substituents is 1. The third-order valence-electron chi connectivity index (χ3n) is 2.21. The molecule has 0 unspecified atom stereocenters. The van der Waals surface area contributed by atoms with Gasteiger partial charge < -0.3 is 0 Å². The van der Waals surface area contributed by atoms with E-state index in [9.17, 15) is 10.1 Å². The van der Waals surface area contributed by atoms with Crippen molar-refractivity contribution >= 4 is 21.6 Å². The highest BCUT2D eigenvalue weighted by Crippen LogP contribution is 2.19. The van der Waals surface area contributed by atoms with E-state index in [1.165, 1.54) is 12.1 Å². The van der Waals surface area contributed by atoms with Crippen LogP contribution in [-0.4, -0.2) is 19.7 Å². The molecule has 0 spiro atoms. The Bertz CT molecular complexity index is 591. The first-order valence-electron chi connectivity index (χ1n) is 5.04. The van der Waals surface area contributed by atoms with Gasteiger partial charge in [-0.25, -0.2) is 9.67 Å². The van der Waals surface area contributed by atoms with Crippen molar-refractivity contribution in [3.8, 4) is 11.4 Å². The third kappa shape index (κ3) is 2.80. The Morgan fingerprint density at radius 2 is 2.11 bits per heavy atom. The van der Waals surface area contributed by atoms with Crippen molar-refractivity contribution in [1.82, 2.24) is 14.8 Å². The van der Waals surface area contributed by atoms with Gasteiger partial charge in [0.15, 0.2) is 5.82 Å². The Morgan fingerprint density at radius 1 is 1.44 bits per heavy atom. The highest BCUT2D eigenvalue weighted by molar-refractivity contribution is 9.11. The Hall–Kier alpha value is -2.02. The molecule has 2 rings (SSSR count). The van der Waals surface area contributed by atoms with Crippen molar-refractivity contribution in [2.45, 2.75) is 6.54 Å². The third-order valence-corrected chi connectivity index (χ3v) is 2.46. The Kier molecular flexibility index (Phi) is 3.52. The average molecular weight is 309 g/mol. The monoisotopic (exact) mass is 308 g/mol. The molecule has 0 aliphatic carbocycles. The maximum absolute atomic E-state index is 10.5. The first-order valence-corrected chi connectivity index (χ1v) is 5.83. The Morgan fingerprint density at radius 3 is 2.67 bits per heavy atom. The van der Waals surface area contributed by atoms with Crippen LogP contribution in [0.3, 0.4) is 0 Å². The zero-order valence-electron chi connectivity index (χ0n) is 9.28. The Balaban J connectivity index is 2.23. The topological polar surface area (TPSA) is 73.8 Å². The molecule has 2 aromatic rings. The van der Waals surface area contributed by atoms with Crippen LogP contribution in [0.15, 0.2) is 41.7 Å². The second kappa shape index (κ2) is 5.09. The minimum absolute atomic E-state index is 0.0482. The van der Waals surface area contributed by atoms with Crippen LogP contribution >= 0.6 is 15.9 Å². The largest absolute Gasteiger partial charge is 0.269 e. The van der Waals surface area contributed by atoms with Crippen LogP contribution in [0.1, 0.15) is 0 Å². The van der Waals surface area contributed by atoms with Crippen molar-refractivity contribution in [2.75, 3.05) is 0 Å². The van der Waals surface area contributed by atoms with Gasteiger partial charge in [0, 0.05) is 22.2 Å². The molecule has 0 saturated heterocycles. The molecule has 6 nitrogen and oxygen atoms in total. The SMILES string of the molecule is C=C(Br)Cn1cnc(-c2ccc([N+](=O)[O-])cc2)n1. The maximum atomic E-state index is 10.5. The molecule has 7 heteroatoms. The van der Waals surface area contributed by atoms with E-state index >= 15 is 0 Å². The minimum Gasteiger partial charge on any atom is -0.258 e. The molecule has 18 heavy (non-hydrogen) atoms. The van der Waals surface area contributed by atoms with Crippen LogP contribution in [0.25, 0.3) is 11.4 Å². The van der Waals surface area contributed by atoms with Gasteiger partial charge in [0.05, 0.1) is 11.5 Å². The van der Waals surface area contributed by atoms with Gasteiger partial charge >= 0.3 is 0 Å². The number of nitrogens with zero attached hydrogens (tertiary/aromatic N) is 4. The first kappa shape index (κ1) is 12.4. The molecule has 0 amide bonds. The van der Waals surface area contributed by atoms with Crippen molar-refractivity contribution in [3.05, 3.63) is 51.8 Å². The number of benzene rings is 1. The molecule has 0 N–H and O–H groups in total. The second-order valence-corrected chi connectivity index (χ2v) is 4.71. The molecule has 1 aromatic carbocycles. The fraction of sp³-hybridized carbons (Fsp3) is 0.0909. The molecular formula is C11H9BrN4O2. The van der Waals surface area contributed by atoms with E-state index in [0.29, 0.717) is 12.4 Å². The molecular weight excluding hydrogens is 300 g/mol. The average Bonchev–Trinajstić information content (AvgIpc) is 2.76. The summed E-state index contributed by atoms with van der Waals surface area (Å²) in [5.41, 5.74) is 0.784. The van der Waals surface area contributed by atoms with E-state index in [2.05, 4.69) is 32.6 Å². The van der Waals surface area contributed by atoms with E-state index in [0.717, 1.165) is 10.0 Å². The van der Waals surface area contributed by atoms with Crippen LogP contribution in [0, 0.1) is 10.1 Å². The summed E-state index contributed by atoms with van der Waals surface area (Å²) in [4.78, 5) is 14.2. The molecule has 0 atom stereocenters. The normalized spacial score (nSPS) is 10.3. The second-order valence-electron chi connectivity index (χ2n) is 3.59. The molecule has 1 aromatic heterocycles. The van der Waals surface area contributed by atoms with Crippen molar-refractivity contribution in [2.24, 2.45) is 0 Å². The first-order chi connectivity index (χ1) is 8.56. The summed E-state index contributed by atoms with van der Waals surface area (Å²) in [5, 5.41) is 14.8. The van der Waals surface area contributed by atoms with Crippen LogP contribution in [-0.2, 0) is 6.54 Å².